The van der Waals surface area contributed by atoms with E-state index in [4.69, 9.17) is 9.47 Å². The Balaban J connectivity index is 1.20. The molecule has 8 heteroatoms. The van der Waals surface area contributed by atoms with Gasteiger partial charge in [-0.25, -0.2) is 9.18 Å². The molecular weight excluding hydrogens is 427 g/mol. The van der Waals surface area contributed by atoms with Crippen molar-refractivity contribution in [1.29, 1.82) is 0 Å². The van der Waals surface area contributed by atoms with Crippen molar-refractivity contribution in [2.75, 3.05) is 44.3 Å². The van der Waals surface area contributed by atoms with E-state index >= 15 is 0 Å². The van der Waals surface area contributed by atoms with Crippen LogP contribution in [-0.2, 0) is 27.2 Å². The number of ketones is 1. The minimum atomic E-state index is -0.602. The first-order valence-electron chi connectivity index (χ1n) is 11.1. The second-order valence-corrected chi connectivity index (χ2v) is 8.32. The maximum atomic E-state index is 14.4. The van der Waals surface area contributed by atoms with Crippen molar-refractivity contribution in [2.45, 2.75) is 26.2 Å². The summed E-state index contributed by atoms with van der Waals surface area (Å²) in [5.74, 6) is -0.926. The molecule has 7 nitrogen and oxygen atoms in total. The molecule has 1 saturated heterocycles. The second-order valence-electron chi connectivity index (χ2n) is 8.32. The van der Waals surface area contributed by atoms with Crippen LogP contribution >= 0.6 is 0 Å². The molecule has 0 spiro atoms. The van der Waals surface area contributed by atoms with Crippen LogP contribution in [0.4, 0.5) is 10.1 Å². The Morgan fingerprint density at radius 3 is 2.42 bits per heavy atom. The fourth-order valence-corrected chi connectivity index (χ4v) is 4.23. The molecule has 2 aromatic rings. The van der Waals surface area contributed by atoms with Gasteiger partial charge in [-0.3, -0.25) is 9.59 Å². The summed E-state index contributed by atoms with van der Waals surface area (Å²) in [5.41, 5.74) is 3.31. The van der Waals surface area contributed by atoms with Gasteiger partial charge in [-0.15, -0.1) is 0 Å². The molecule has 1 heterocycles. The number of benzene rings is 2. The Morgan fingerprint density at radius 2 is 1.70 bits per heavy atom. The Morgan fingerprint density at radius 1 is 0.939 bits per heavy atom. The van der Waals surface area contributed by atoms with Gasteiger partial charge < -0.3 is 19.3 Å². The third kappa shape index (κ3) is 5.50. The van der Waals surface area contributed by atoms with Crippen molar-refractivity contribution in [2.24, 2.45) is 0 Å². The van der Waals surface area contributed by atoms with Crippen molar-refractivity contribution in [3.05, 3.63) is 58.9 Å². The highest BCUT2D eigenvalue weighted by Crippen LogP contribution is 2.26. The average Bonchev–Trinajstić information content (AvgIpc) is 3.29. The second kappa shape index (κ2) is 10.0. The van der Waals surface area contributed by atoms with Crippen LogP contribution in [0.3, 0.4) is 0 Å². The van der Waals surface area contributed by atoms with Crippen LogP contribution in [0, 0.1) is 5.82 Å². The number of carbonyl (C=O) groups is 3. The van der Waals surface area contributed by atoms with Gasteiger partial charge in [-0.1, -0.05) is 6.07 Å². The van der Waals surface area contributed by atoms with E-state index in [2.05, 4.69) is 0 Å². The zero-order valence-electron chi connectivity index (χ0n) is 18.6. The highest BCUT2D eigenvalue weighted by Gasteiger charge is 2.24. The van der Waals surface area contributed by atoms with Gasteiger partial charge in [0.2, 0.25) is 0 Å². The summed E-state index contributed by atoms with van der Waals surface area (Å²) in [5, 5.41) is 0. The molecule has 1 aliphatic carbocycles. The maximum Gasteiger partial charge on any atom is 0.344 e. The largest absolute Gasteiger partial charge is 0.482 e. The minimum Gasteiger partial charge on any atom is -0.482 e. The fraction of sp³-hybridized carbons (Fsp3) is 0.400. The summed E-state index contributed by atoms with van der Waals surface area (Å²) >= 11 is 0. The van der Waals surface area contributed by atoms with Gasteiger partial charge in [0.25, 0.3) is 5.91 Å². The van der Waals surface area contributed by atoms with Crippen LogP contribution in [0.25, 0.3) is 0 Å². The van der Waals surface area contributed by atoms with E-state index in [1.807, 2.05) is 23.1 Å². The van der Waals surface area contributed by atoms with Gasteiger partial charge in [0, 0.05) is 31.7 Å². The van der Waals surface area contributed by atoms with Crippen LogP contribution in [0.5, 0.6) is 5.75 Å². The zero-order chi connectivity index (χ0) is 23.4. The van der Waals surface area contributed by atoms with Crippen LogP contribution < -0.4 is 9.64 Å². The smallest absolute Gasteiger partial charge is 0.344 e. The van der Waals surface area contributed by atoms with Crippen LogP contribution in [0.2, 0.25) is 0 Å². The predicted molar refractivity (Wildman–Crippen MR) is 120 cm³/mol. The minimum absolute atomic E-state index is 0.192. The monoisotopic (exact) mass is 454 g/mol. The molecule has 33 heavy (non-hydrogen) atoms. The SMILES string of the molecule is CC(=O)c1ccc(N2CCN(C(=O)COC(=O)COc3ccc4c(c3)CCC4)CC2)c(F)c1. The molecule has 1 fully saturated rings. The normalized spacial score (nSPS) is 15.2. The number of aryl methyl sites for hydroxylation is 2. The maximum absolute atomic E-state index is 14.4. The van der Waals surface area contributed by atoms with Gasteiger partial charge in [-0.2, -0.15) is 0 Å². The lowest BCUT2D eigenvalue weighted by Gasteiger charge is -2.36. The molecule has 0 atom stereocenters. The van der Waals surface area contributed by atoms with Crippen molar-refractivity contribution in [1.82, 2.24) is 4.90 Å². The first kappa shape index (κ1) is 22.8. The summed E-state index contributed by atoms with van der Waals surface area (Å²) < 4.78 is 25.0. The molecule has 1 aliphatic heterocycles. The zero-order valence-corrected chi connectivity index (χ0v) is 18.6. The number of carbonyl (C=O) groups excluding carboxylic acids is 3. The Bertz CT molecular complexity index is 1060. The van der Waals surface area contributed by atoms with E-state index in [9.17, 15) is 18.8 Å². The molecule has 0 unspecified atom stereocenters. The summed E-state index contributed by atoms with van der Waals surface area (Å²) in [6, 6.07) is 10.2. The first-order chi connectivity index (χ1) is 15.9. The number of nitrogens with zero attached hydrogens (tertiary/aromatic N) is 2. The molecule has 2 aromatic carbocycles. The predicted octanol–water partition coefficient (Wildman–Crippen LogP) is 2.79. The molecular formula is C25H27FN2O5. The molecule has 4 rings (SSSR count). The number of rotatable bonds is 7. The molecule has 0 radical (unpaired) electrons. The van der Waals surface area contributed by atoms with Crippen molar-refractivity contribution in [3.63, 3.8) is 0 Å². The summed E-state index contributed by atoms with van der Waals surface area (Å²) in [4.78, 5) is 39.2. The number of Topliss-reactive ketones (excluding diaryl/α,β-unsaturated/α-hetero) is 1. The van der Waals surface area contributed by atoms with Gasteiger partial charge in [-0.05, 0) is 67.6 Å². The third-order valence-corrected chi connectivity index (χ3v) is 6.11. The molecule has 0 bridgehead atoms. The Kier molecular flexibility index (Phi) is 6.91. The van der Waals surface area contributed by atoms with E-state index in [1.54, 1.807) is 17.0 Å². The van der Waals surface area contributed by atoms with Crippen molar-refractivity contribution in [3.8, 4) is 5.75 Å². The number of hydrogen-bond acceptors (Lipinski definition) is 6. The highest BCUT2D eigenvalue weighted by atomic mass is 19.1. The molecule has 0 aromatic heterocycles. The number of anilines is 1. The number of fused-ring (bicyclic) bond motifs is 1. The lowest BCUT2D eigenvalue weighted by Crippen LogP contribution is -2.50. The van der Waals surface area contributed by atoms with Crippen molar-refractivity contribution >= 4 is 23.3 Å². The lowest BCUT2D eigenvalue weighted by atomic mass is 10.1. The van der Waals surface area contributed by atoms with Gasteiger partial charge in [0.05, 0.1) is 5.69 Å². The number of esters is 1. The summed E-state index contributed by atoms with van der Waals surface area (Å²) in [6.07, 6.45) is 3.24. The standard InChI is InChI=1S/C25H27FN2O5/c1-17(29)19-6-8-23(22(26)14-19)27-9-11-28(12-10-27)24(30)15-33-25(31)16-32-21-7-5-18-3-2-4-20(18)13-21/h5-8,13-14H,2-4,9-12,15-16H2,1H3. The molecule has 174 valence electrons. The van der Waals surface area contributed by atoms with E-state index in [0.717, 1.165) is 19.3 Å². The summed E-state index contributed by atoms with van der Waals surface area (Å²) in [7, 11) is 0. The first-order valence-corrected chi connectivity index (χ1v) is 11.1. The molecule has 0 N–H and O–H groups in total. The number of amides is 1. The van der Waals surface area contributed by atoms with Crippen LogP contribution in [-0.4, -0.2) is 62.0 Å². The third-order valence-electron chi connectivity index (χ3n) is 6.11. The van der Waals surface area contributed by atoms with Gasteiger partial charge >= 0.3 is 5.97 Å². The Hall–Kier alpha value is -3.42. The molecule has 0 saturated carbocycles. The van der Waals surface area contributed by atoms with E-state index < -0.39 is 11.8 Å². The topological polar surface area (TPSA) is 76.2 Å². The number of halogens is 1. The number of piperazine rings is 1. The Labute approximate surface area is 192 Å². The molecule has 2 aliphatic rings. The van der Waals surface area contributed by atoms with Gasteiger partial charge in [0.1, 0.15) is 11.6 Å². The van der Waals surface area contributed by atoms with E-state index in [0.29, 0.717) is 43.2 Å². The van der Waals surface area contributed by atoms with Crippen LogP contribution in [0.1, 0.15) is 34.8 Å². The quantitative estimate of drug-likeness (QED) is 0.473. The number of ether oxygens (including phenoxy) is 2. The fourth-order valence-electron chi connectivity index (χ4n) is 4.23. The van der Waals surface area contributed by atoms with E-state index in [-0.39, 0.29) is 24.9 Å². The highest BCUT2D eigenvalue weighted by molar-refractivity contribution is 5.94. The van der Waals surface area contributed by atoms with Crippen LogP contribution in [0.15, 0.2) is 36.4 Å². The lowest BCUT2D eigenvalue weighted by molar-refractivity contribution is -0.153. The van der Waals surface area contributed by atoms with Gasteiger partial charge in [0.15, 0.2) is 19.0 Å². The van der Waals surface area contributed by atoms with Crippen molar-refractivity contribution < 1.29 is 28.2 Å². The molecule has 1 amide bonds. The summed E-state index contributed by atoms with van der Waals surface area (Å²) in [6.45, 7) is 2.44. The van der Waals surface area contributed by atoms with E-state index in [1.165, 1.54) is 24.1 Å². The number of hydrogen-bond donors (Lipinski definition) is 0. The average molecular weight is 454 g/mol.